The first-order valence-corrected chi connectivity index (χ1v) is 12.4. The molecule has 0 radical (unpaired) electrons. The summed E-state index contributed by atoms with van der Waals surface area (Å²) in [5.74, 6) is -0.275. The standard InChI is InChI=1S/C23H25N3O6S/c27-21(19-9-8-17-4-3-5-18(17)16-19)10-11-23(28)24-12-14-25(15-13-24)33(31,32)22-7-2-1-6-20(22)26(29)30/h1-2,6-9,16H,3-5,10-15H2. The zero-order valence-corrected chi connectivity index (χ0v) is 18.9. The van der Waals surface area contributed by atoms with E-state index in [2.05, 4.69) is 0 Å². The maximum atomic E-state index is 12.9. The average Bonchev–Trinajstić information content (AvgIpc) is 3.30. The minimum atomic E-state index is -4.05. The number of nitrogens with zero attached hydrogens (tertiary/aromatic N) is 3. The van der Waals surface area contributed by atoms with Gasteiger partial charge >= 0.3 is 0 Å². The number of amides is 1. The first kappa shape index (κ1) is 23.1. The minimum absolute atomic E-state index is 0.0406. The largest absolute Gasteiger partial charge is 0.340 e. The lowest BCUT2D eigenvalue weighted by Gasteiger charge is -2.34. The van der Waals surface area contributed by atoms with Crippen LogP contribution in [0, 0.1) is 10.1 Å². The third kappa shape index (κ3) is 4.81. The molecule has 1 aliphatic heterocycles. The molecule has 33 heavy (non-hydrogen) atoms. The molecule has 2 aromatic carbocycles. The van der Waals surface area contributed by atoms with Crippen molar-refractivity contribution in [3.63, 3.8) is 0 Å². The van der Waals surface area contributed by atoms with Crippen LogP contribution in [0.4, 0.5) is 5.69 Å². The predicted octanol–water partition coefficient (Wildman–Crippen LogP) is 2.58. The molecule has 0 saturated carbocycles. The number of fused-ring (bicyclic) bond motifs is 1. The maximum Gasteiger partial charge on any atom is 0.289 e. The van der Waals surface area contributed by atoms with Crippen molar-refractivity contribution in [1.82, 2.24) is 9.21 Å². The van der Waals surface area contributed by atoms with Gasteiger partial charge in [-0.2, -0.15) is 4.31 Å². The van der Waals surface area contributed by atoms with E-state index < -0.39 is 20.6 Å². The maximum absolute atomic E-state index is 12.9. The number of hydrogen-bond donors (Lipinski definition) is 0. The SMILES string of the molecule is O=C(CCC(=O)N1CCN(S(=O)(=O)c2ccccc2[N+](=O)[O-])CC1)c1ccc2c(c1)CCC2. The van der Waals surface area contributed by atoms with Gasteiger partial charge in [-0.25, -0.2) is 8.42 Å². The van der Waals surface area contributed by atoms with Gasteiger partial charge in [0.1, 0.15) is 0 Å². The quantitative estimate of drug-likeness (QED) is 0.348. The van der Waals surface area contributed by atoms with E-state index in [9.17, 15) is 28.1 Å². The molecule has 0 aromatic heterocycles. The van der Waals surface area contributed by atoms with Gasteiger partial charge in [0.05, 0.1) is 4.92 Å². The van der Waals surface area contributed by atoms with Crippen molar-refractivity contribution < 1.29 is 22.9 Å². The molecular formula is C23H25N3O6S. The van der Waals surface area contributed by atoms with Crippen molar-refractivity contribution in [2.45, 2.75) is 37.0 Å². The Bertz CT molecular complexity index is 1200. The molecule has 0 N–H and O–H groups in total. The van der Waals surface area contributed by atoms with Crippen LogP contribution in [0.25, 0.3) is 0 Å². The third-order valence-corrected chi connectivity index (χ3v) is 8.20. The van der Waals surface area contributed by atoms with E-state index in [1.54, 1.807) is 4.90 Å². The summed E-state index contributed by atoms with van der Waals surface area (Å²) in [6.07, 6.45) is 3.29. The predicted molar refractivity (Wildman–Crippen MR) is 120 cm³/mol. The second-order valence-corrected chi connectivity index (χ2v) is 10.2. The van der Waals surface area contributed by atoms with E-state index in [1.165, 1.54) is 29.3 Å². The summed E-state index contributed by atoms with van der Waals surface area (Å²) >= 11 is 0. The van der Waals surface area contributed by atoms with Gasteiger partial charge in [0.2, 0.25) is 15.9 Å². The Kier molecular flexibility index (Phi) is 6.57. The molecule has 1 amide bonds. The number of carbonyl (C=O) groups excluding carboxylic acids is 2. The molecule has 4 rings (SSSR count). The molecule has 1 fully saturated rings. The normalized spacial score (nSPS) is 16.4. The number of rotatable bonds is 7. The van der Waals surface area contributed by atoms with E-state index in [-0.39, 0.29) is 55.6 Å². The molecule has 10 heteroatoms. The summed E-state index contributed by atoms with van der Waals surface area (Å²) in [5, 5.41) is 11.2. The van der Waals surface area contributed by atoms with Crippen molar-refractivity contribution in [3.8, 4) is 0 Å². The van der Waals surface area contributed by atoms with Gasteiger partial charge < -0.3 is 4.90 Å². The average molecular weight is 472 g/mol. The second kappa shape index (κ2) is 9.40. The molecule has 1 heterocycles. The van der Waals surface area contributed by atoms with E-state index in [0.29, 0.717) is 5.56 Å². The molecule has 174 valence electrons. The first-order valence-electron chi connectivity index (χ1n) is 10.9. The smallest absolute Gasteiger partial charge is 0.289 e. The molecule has 0 spiro atoms. The number of nitro groups is 1. The van der Waals surface area contributed by atoms with Crippen molar-refractivity contribution in [1.29, 1.82) is 0 Å². The van der Waals surface area contributed by atoms with Crippen LogP contribution in [0.5, 0.6) is 0 Å². The number of hydrogen-bond acceptors (Lipinski definition) is 6. The van der Waals surface area contributed by atoms with E-state index in [4.69, 9.17) is 0 Å². The lowest BCUT2D eigenvalue weighted by atomic mass is 10.0. The summed E-state index contributed by atoms with van der Waals surface area (Å²) < 4.78 is 27.0. The minimum Gasteiger partial charge on any atom is -0.340 e. The Balaban J connectivity index is 1.33. The topological polar surface area (TPSA) is 118 Å². The number of benzene rings is 2. The van der Waals surface area contributed by atoms with Crippen LogP contribution in [0.3, 0.4) is 0 Å². The highest BCUT2D eigenvalue weighted by atomic mass is 32.2. The number of nitro benzene ring substituents is 1. The Morgan fingerprint density at radius 1 is 0.939 bits per heavy atom. The highest BCUT2D eigenvalue weighted by Crippen LogP contribution is 2.27. The number of aryl methyl sites for hydroxylation is 2. The highest BCUT2D eigenvalue weighted by Gasteiger charge is 2.34. The summed E-state index contributed by atoms with van der Waals surface area (Å²) in [7, 11) is -4.05. The van der Waals surface area contributed by atoms with Crippen molar-refractivity contribution >= 4 is 27.4 Å². The van der Waals surface area contributed by atoms with Crippen LogP contribution in [0.2, 0.25) is 0 Å². The van der Waals surface area contributed by atoms with Crippen LogP contribution in [-0.2, 0) is 27.7 Å². The molecule has 9 nitrogen and oxygen atoms in total. The fourth-order valence-electron chi connectivity index (χ4n) is 4.41. The van der Waals surface area contributed by atoms with E-state index in [0.717, 1.165) is 29.6 Å². The van der Waals surface area contributed by atoms with Crippen LogP contribution < -0.4 is 0 Å². The lowest BCUT2D eigenvalue weighted by Crippen LogP contribution is -2.50. The van der Waals surface area contributed by atoms with Gasteiger partial charge in [0.25, 0.3) is 5.69 Å². The Labute approximate surface area is 192 Å². The summed E-state index contributed by atoms with van der Waals surface area (Å²) in [4.78, 5) is 36.8. The van der Waals surface area contributed by atoms with Crippen LogP contribution >= 0.6 is 0 Å². The molecule has 2 aromatic rings. The zero-order chi connectivity index (χ0) is 23.6. The summed E-state index contributed by atoms with van der Waals surface area (Å²) in [6, 6.07) is 11.0. The lowest BCUT2D eigenvalue weighted by molar-refractivity contribution is -0.387. The van der Waals surface area contributed by atoms with E-state index >= 15 is 0 Å². The van der Waals surface area contributed by atoms with Crippen LogP contribution in [0.1, 0.15) is 40.7 Å². The van der Waals surface area contributed by atoms with Gasteiger partial charge in [0.15, 0.2) is 10.7 Å². The van der Waals surface area contributed by atoms with Crippen LogP contribution in [0.15, 0.2) is 47.4 Å². The van der Waals surface area contributed by atoms with Crippen molar-refractivity contribution in [2.24, 2.45) is 0 Å². The van der Waals surface area contributed by atoms with Crippen molar-refractivity contribution in [2.75, 3.05) is 26.2 Å². The number of para-hydroxylation sites is 1. The third-order valence-electron chi connectivity index (χ3n) is 6.26. The number of sulfonamides is 1. The Morgan fingerprint density at radius 2 is 1.64 bits per heavy atom. The van der Waals surface area contributed by atoms with E-state index in [1.807, 2.05) is 18.2 Å². The van der Waals surface area contributed by atoms with Gasteiger partial charge in [-0.3, -0.25) is 19.7 Å². The number of carbonyl (C=O) groups is 2. The fraction of sp³-hybridized carbons (Fsp3) is 0.391. The van der Waals surface area contributed by atoms with Crippen molar-refractivity contribution in [3.05, 3.63) is 69.3 Å². The van der Waals surface area contributed by atoms with Gasteiger partial charge in [-0.1, -0.05) is 24.3 Å². The Hall–Kier alpha value is -3.11. The van der Waals surface area contributed by atoms with Gasteiger partial charge in [-0.05, 0) is 42.5 Å². The second-order valence-electron chi connectivity index (χ2n) is 8.27. The Morgan fingerprint density at radius 3 is 2.36 bits per heavy atom. The molecule has 0 unspecified atom stereocenters. The summed E-state index contributed by atoms with van der Waals surface area (Å²) in [6.45, 7) is 0.426. The number of ketones is 1. The number of piperazine rings is 1. The molecular weight excluding hydrogens is 446 g/mol. The monoisotopic (exact) mass is 471 g/mol. The van der Waals surface area contributed by atoms with Gasteiger partial charge in [0, 0.05) is 50.7 Å². The molecule has 1 saturated heterocycles. The first-order chi connectivity index (χ1) is 15.8. The van der Waals surface area contributed by atoms with Gasteiger partial charge in [-0.15, -0.1) is 0 Å². The van der Waals surface area contributed by atoms with Crippen LogP contribution in [-0.4, -0.2) is 60.4 Å². The molecule has 2 aliphatic rings. The molecule has 0 bridgehead atoms. The number of Topliss-reactive ketones (excluding diaryl/α,β-unsaturated/α-hetero) is 1. The fourth-order valence-corrected chi connectivity index (χ4v) is 5.99. The highest BCUT2D eigenvalue weighted by molar-refractivity contribution is 7.89. The summed E-state index contributed by atoms with van der Waals surface area (Å²) in [5.41, 5.74) is 2.66. The zero-order valence-electron chi connectivity index (χ0n) is 18.1. The molecule has 0 atom stereocenters. The molecule has 1 aliphatic carbocycles.